The Morgan fingerprint density at radius 2 is 1.91 bits per heavy atom. The first kappa shape index (κ1) is 15.6. The number of hydrogen-bond donors (Lipinski definition) is 2. The molecule has 1 amide bonds. The van der Waals surface area contributed by atoms with Crippen molar-refractivity contribution in [2.24, 2.45) is 0 Å². The van der Waals surface area contributed by atoms with Crippen LogP contribution in [0.15, 0.2) is 42.5 Å². The average molecular weight is 311 g/mol. The summed E-state index contributed by atoms with van der Waals surface area (Å²) in [5, 5.41) is 12.8. The molecule has 2 aromatic rings. The summed E-state index contributed by atoms with van der Waals surface area (Å²) in [6, 6.07) is 12.3. The number of amides is 1. The molecule has 6 heteroatoms. The van der Waals surface area contributed by atoms with Gasteiger partial charge in [-0.2, -0.15) is 0 Å². The van der Waals surface area contributed by atoms with Gasteiger partial charge in [0, 0.05) is 11.3 Å². The fourth-order valence-corrected chi connectivity index (χ4v) is 2.74. The minimum atomic E-state index is -0.974. The van der Waals surface area contributed by atoms with E-state index in [4.69, 9.17) is 9.39 Å². The van der Waals surface area contributed by atoms with Crippen molar-refractivity contribution >= 4 is 24.2 Å². The van der Waals surface area contributed by atoms with Crippen molar-refractivity contribution in [2.75, 3.05) is 12.4 Å². The van der Waals surface area contributed by atoms with Crippen LogP contribution in [0.3, 0.4) is 0 Å². The summed E-state index contributed by atoms with van der Waals surface area (Å²) in [7, 11) is 0.604. The number of anilines is 1. The predicted octanol–water partition coefficient (Wildman–Crippen LogP) is 1.90. The van der Waals surface area contributed by atoms with E-state index in [1.165, 1.54) is 0 Å². The molecule has 0 unspecified atom stereocenters. The Balaban J connectivity index is 1.81. The van der Waals surface area contributed by atoms with E-state index in [1.807, 2.05) is 26.0 Å². The van der Waals surface area contributed by atoms with Crippen LogP contribution >= 0.6 is 0 Å². The first-order chi connectivity index (χ1) is 10.9. The van der Waals surface area contributed by atoms with Crippen molar-refractivity contribution in [3.8, 4) is 5.75 Å². The van der Waals surface area contributed by atoms with E-state index in [0.29, 0.717) is 22.5 Å². The van der Waals surface area contributed by atoms with Gasteiger partial charge in [0.2, 0.25) is 0 Å². The van der Waals surface area contributed by atoms with Gasteiger partial charge < -0.3 is 19.7 Å². The van der Waals surface area contributed by atoms with Crippen LogP contribution in [0.4, 0.5) is 5.69 Å². The number of carbonyl (C=O) groups excluding carboxylic acids is 1. The summed E-state index contributed by atoms with van der Waals surface area (Å²) < 4.78 is 10.6. The predicted molar refractivity (Wildman–Crippen MR) is 89.1 cm³/mol. The molecule has 0 saturated carbocycles. The zero-order valence-electron chi connectivity index (χ0n) is 13.3. The van der Waals surface area contributed by atoms with E-state index in [2.05, 4.69) is 5.32 Å². The highest BCUT2D eigenvalue weighted by molar-refractivity contribution is 6.62. The molecule has 0 spiro atoms. The van der Waals surface area contributed by atoms with Crippen LogP contribution in [0.1, 0.15) is 29.8 Å². The van der Waals surface area contributed by atoms with E-state index in [-0.39, 0.29) is 5.91 Å². The molecule has 2 N–H and O–H groups in total. The first-order valence-electron chi connectivity index (χ1n) is 7.36. The molecule has 2 aromatic carbocycles. The van der Waals surface area contributed by atoms with E-state index in [9.17, 15) is 9.82 Å². The van der Waals surface area contributed by atoms with E-state index < -0.39 is 12.7 Å². The molecule has 1 heterocycles. The highest BCUT2D eigenvalue weighted by atomic mass is 16.5. The van der Waals surface area contributed by atoms with Crippen LogP contribution in [0, 0.1) is 0 Å². The Labute approximate surface area is 135 Å². The molecule has 0 bridgehead atoms. The fourth-order valence-electron chi connectivity index (χ4n) is 2.74. The molecule has 0 fully saturated rings. The van der Waals surface area contributed by atoms with E-state index in [1.54, 1.807) is 37.4 Å². The number of fused-ring (bicyclic) bond motifs is 1. The molecule has 0 radical (unpaired) electrons. The first-order valence-corrected chi connectivity index (χ1v) is 7.36. The molecular formula is C17H18BNO4. The molecule has 23 heavy (non-hydrogen) atoms. The van der Waals surface area contributed by atoms with Gasteiger partial charge in [0.1, 0.15) is 5.75 Å². The van der Waals surface area contributed by atoms with Gasteiger partial charge in [-0.15, -0.1) is 0 Å². The highest BCUT2D eigenvalue weighted by Gasteiger charge is 2.40. The summed E-state index contributed by atoms with van der Waals surface area (Å²) in [5.41, 5.74) is 2.22. The molecule has 0 aliphatic carbocycles. The maximum Gasteiger partial charge on any atom is 0.492 e. The third-order valence-electron chi connectivity index (χ3n) is 3.98. The number of hydrogen-bond acceptors (Lipinski definition) is 4. The number of ether oxygens (including phenoxy) is 1. The van der Waals surface area contributed by atoms with Crippen molar-refractivity contribution in [1.29, 1.82) is 0 Å². The van der Waals surface area contributed by atoms with Crippen molar-refractivity contribution in [3.05, 3.63) is 53.6 Å². The lowest BCUT2D eigenvalue weighted by Gasteiger charge is -2.19. The van der Waals surface area contributed by atoms with Crippen molar-refractivity contribution < 1.29 is 19.2 Å². The SMILES string of the molecule is COc1ccc(C(=O)Nc2ccc3c(c2)B(O)OC3(C)C)cc1. The van der Waals surface area contributed by atoms with Crippen LogP contribution < -0.4 is 15.5 Å². The summed E-state index contributed by atoms with van der Waals surface area (Å²) in [6.07, 6.45) is 0. The monoisotopic (exact) mass is 311 g/mol. The molecule has 1 aliphatic rings. The molecule has 1 aliphatic heterocycles. The zero-order valence-corrected chi connectivity index (χ0v) is 13.3. The van der Waals surface area contributed by atoms with Crippen molar-refractivity contribution in [1.82, 2.24) is 0 Å². The second kappa shape index (κ2) is 5.72. The molecule has 118 valence electrons. The Hall–Kier alpha value is -2.31. The van der Waals surface area contributed by atoms with E-state index in [0.717, 1.165) is 5.56 Å². The lowest BCUT2D eigenvalue weighted by molar-refractivity contribution is 0.100. The Morgan fingerprint density at radius 1 is 1.22 bits per heavy atom. The Bertz CT molecular complexity index is 743. The standard InChI is InChI=1S/C17H18BNO4/c1-17(2)14-9-6-12(10-15(14)18(21)23-17)19-16(20)11-4-7-13(22-3)8-5-11/h4-10,21H,1-3H3,(H,19,20). The van der Waals surface area contributed by atoms with Gasteiger partial charge in [-0.3, -0.25) is 4.79 Å². The van der Waals surface area contributed by atoms with Gasteiger partial charge in [0.05, 0.1) is 12.7 Å². The minimum absolute atomic E-state index is 0.222. The zero-order chi connectivity index (χ0) is 16.6. The summed E-state index contributed by atoms with van der Waals surface area (Å²) in [5.74, 6) is 0.474. The van der Waals surface area contributed by atoms with Crippen molar-refractivity contribution in [3.63, 3.8) is 0 Å². The van der Waals surface area contributed by atoms with Gasteiger partial charge in [-0.05, 0) is 61.3 Å². The smallest absolute Gasteiger partial charge is 0.492 e. The third-order valence-corrected chi connectivity index (χ3v) is 3.98. The summed E-state index contributed by atoms with van der Waals surface area (Å²) >= 11 is 0. The lowest BCUT2D eigenvalue weighted by Crippen LogP contribution is -2.29. The van der Waals surface area contributed by atoms with Gasteiger partial charge >= 0.3 is 7.12 Å². The number of carbonyl (C=O) groups is 1. The van der Waals surface area contributed by atoms with Gasteiger partial charge in [-0.1, -0.05) is 6.07 Å². The number of nitrogens with one attached hydrogen (secondary N) is 1. The molecular weight excluding hydrogens is 293 g/mol. The summed E-state index contributed by atoms with van der Waals surface area (Å²) in [4.78, 5) is 12.3. The van der Waals surface area contributed by atoms with Gasteiger partial charge in [0.15, 0.2) is 0 Å². The fraction of sp³-hybridized carbons (Fsp3) is 0.235. The number of rotatable bonds is 3. The van der Waals surface area contributed by atoms with E-state index >= 15 is 0 Å². The maximum absolute atomic E-state index is 12.3. The Kier molecular flexibility index (Phi) is 3.87. The molecule has 3 rings (SSSR count). The van der Waals surface area contributed by atoms with Crippen LogP contribution in [-0.2, 0) is 10.3 Å². The molecule has 5 nitrogen and oxygen atoms in total. The van der Waals surface area contributed by atoms with Crippen LogP contribution in [0.5, 0.6) is 5.75 Å². The largest absolute Gasteiger partial charge is 0.497 e. The second-order valence-corrected chi connectivity index (χ2v) is 5.97. The second-order valence-electron chi connectivity index (χ2n) is 5.97. The van der Waals surface area contributed by atoms with Gasteiger partial charge in [-0.25, -0.2) is 0 Å². The lowest BCUT2D eigenvalue weighted by atomic mass is 9.78. The Morgan fingerprint density at radius 3 is 2.57 bits per heavy atom. The molecule has 0 saturated heterocycles. The molecule has 0 atom stereocenters. The quantitative estimate of drug-likeness (QED) is 0.850. The van der Waals surface area contributed by atoms with Crippen molar-refractivity contribution in [2.45, 2.75) is 19.4 Å². The van der Waals surface area contributed by atoms with Crippen LogP contribution in [0.25, 0.3) is 0 Å². The number of benzene rings is 2. The topological polar surface area (TPSA) is 67.8 Å². The molecule has 0 aromatic heterocycles. The highest BCUT2D eigenvalue weighted by Crippen LogP contribution is 2.30. The van der Waals surface area contributed by atoms with Crippen LogP contribution in [-0.4, -0.2) is 25.2 Å². The average Bonchev–Trinajstić information content (AvgIpc) is 2.76. The third kappa shape index (κ3) is 2.95. The van der Waals surface area contributed by atoms with Gasteiger partial charge in [0.25, 0.3) is 5.91 Å². The van der Waals surface area contributed by atoms with Crippen LogP contribution in [0.2, 0.25) is 0 Å². The normalized spacial score (nSPS) is 15.2. The maximum atomic E-state index is 12.3. The number of methoxy groups -OCH3 is 1. The minimum Gasteiger partial charge on any atom is -0.497 e. The summed E-state index contributed by atoms with van der Waals surface area (Å²) in [6.45, 7) is 3.80.